The zero-order valence-corrected chi connectivity index (χ0v) is 8.03. The van der Waals surface area contributed by atoms with Crippen LogP contribution >= 0.6 is 0 Å². The minimum Gasteiger partial charge on any atom is -0.463 e. The fraction of sp³-hybridized carbons (Fsp3) is 0.500. The van der Waals surface area contributed by atoms with E-state index in [2.05, 4.69) is 6.92 Å². The first-order valence-electron chi connectivity index (χ1n) is 4.52. The normalized spacial score (nSPS) is 10.4. The molecule has 0 rings (SSSR count). The Morgan fingerprint density at radius 1 is 1.14 bits per heavy atom. The van der Waals surface area contributed by atoms with Crippen molar-refractivity contribution in [2.45, 2.75) is 25.7 Å². The Bertz CT molecular complexity index is 208. The highest BCUT2D eigenvalue weighted by Gasteiger charge is 1.98. The first-order valence-corrected chi connectivity index (χ1v) is 4.52. The third kappa shape index (κ3) is 8.77. The quantitative estimate of drug-likeness (QED) is 0.353. The van der Waals surface area contributed by atoms with Gasteiger partial charge in [-0.05, 0) is 6.42 Å². The molecule has 0 aliphatic rings. The van der Waals surface area contributed by atoms with Crippen LogP contribution in [0, 0.1) is 6.92 Å². The molecule has 14 heavy (non-hydrogen) atoms. The molecule has 0 N–H and O–H groups in total. The molecular weight excluding hydrogens is 184 g/mol. The SMILES string of the molecule is [CH2]CCCCCOC(=O)/C=C/C([O])=O. The van der Waals surface area contributed by atoms with Crippen molar-refractivity contribution in [2.75, 3.05) is 6.61 Å². The number of esters is 1. The summed E-state index contributed by atoms with van der Waals surface area (Å²) in [5.74, 6) is -2.05. The lowest BCUT2D eigenvalue weighted by molar-refractivity contribution is -0.140. The van der Waals surface area contributed by atoms with E-state index in [1.165, 1.54) is 0 Å². The van der Waals surface area contributed by atoms with Crippen LogP contribution in [0.25, 0.3) is 0 Å². The van der Waals surface area contributed by atoms with Crippen LogP contribution in [-0.4, -0.2) is 18.5 Å². The Morgan fingerprint density at radius 2 is 1.86 bits per heavy atom. The highest BCUT2D eigenvalue weighted by Crippen LogP contribution is 1.98. The van der Waals surface area contributed by atoms with Crippen molar-refractivity contribution < 1.29 is 19.4 Å². The van der Waals surface area contributed by atoms with Crippen molar-refractivity contribution >= 4 is 11.9 Å². The summed E-state index contributed by atoms with van der Waals surface area (Å²) in [7, 11) is 0. The number of hydrogen-bond acceptors (Lipinski definition) is 3. The molecule has 78 valence electrons. The number of rotatable bonds is 7. The summed E-state index contributed by atoms with van der Waals surface area (Å²) in [6.07, 6.45) is 5.11. The molecule has 4 nitrogen and oxygen atoms in total. The molecule has 0 saturated heterocycles. The fourth-order valence-electron chi connectivity index (χ4n) is 0.813. The van der Waals surface area contributed by atoms with Crippen molar-refractivity contribution in [3.05, 3.63) is 19.1 Å². The van der Waals surface area contributed by atoms with Gasteiger partial charge >= 0.3 is 11.9 Å². The Kier molecular flexibility index (Phi) is 7.50. The van der Waals surface area contributed by atoms with Crippen LogP contribution in [0.1, 0.15) is 25.7 Å². The average Bonchev–Trinajstić information content (AvgIpc) is 2.14. The Balaban J connectivity index is 3.40. The maximum absolute atomic E-state index is 10.8. The van der Waals surface area contributed by atoms with Gasteiger partial charge < -0.3 is 4.74 Å². The van der Waals surface area contributed by atoms with E-state index in [0.717, 1.165) is 31.8 Å². The summed E-state index contributed by atoms with van der Waals surface area (Å²) < 4.78 is 4.70. The van der Waals surface area contributed by atoms with Gasteiger partial charge in [0, 0.05) is 12.2 Å². The average molecular weight is 198 g/mol. The number of hydrogen-bond donors (Lipinski definition) is 0. The van der Waals surface area contributed by atoms with E-state index in [0.29, 0.717) is 12.7 Å². The van der Waals surface area contributed by atoms with E-state index in [-0.39, 0.29) is 0 Å². The second-order valence-electron chi connectivity index (χ2n) is 2.73. The molecular formula is C10H14O4. The molecule has 2 radical (unpaired) electrons. The number of carbonyl (C=O) groups excluding carboxylic acids is 2. The minimum absolute atomic E-state index is 0.316. The predicted molar refractivity (Wildman–Crippen MR) is 49.6 cm³/mol. The third-order valence-electron chi connectivity index (χ3n) is 1.49. The van der Waals surface area contributed by atoms with Crippen LogP contribution < -0.4 is 0 Å². The maximum Gasteiger partial charge on any atom is 0.379 e. The summed E-state index contributed by atoms with van der Waals surface area (Å²) in [4.78, 5) is 20.7. The summed E-state index contributed by atoms with van der Waals surface area (Å²) in [6.45, 7) is 3.99. The second-order valence-corrected chi connectivity index (χ2v) is 2.73. The van der Waals surface area contributed by atoms with Crippen molar-refractivity contribution in [1.29, 1.82) is 0 Å². The van der Waals surface area contributed by atoms with Gasteiger partial charge in [-0.2, -0.15) is 0 Å². The number of unbranched alkanes of at least 4 members (excludes halogenated alkanes) is 3. The maximum atomic E-state index is 10.8. The molecule has 0 aromatic rings. The molecule has 0 heterocycles. The minimum atomic E-state index is -1.40. The topological polar surface area (TPSA) is 63.3 Å². The molecule has 0 fully saturated rings. The number of carbonyl (C=O) groups is 2. The first-order chi connectivity index (χ1) is 6.66. The summed E-state index contributed by atoms with van der Waals surface area (Å²) in [6, 6.07) is 0. The van der Waals surface area contributed by atoms with Crippen molar-refractivity contribution in [2.24, 2.45) is 0 Å². The monoisotopic (exact) mass is 198 g/mol. The van der Waals surface area contributed by atoms with Crippen molar-refractivity contribution in [3.8, 4) is 0 Å². The summed E-state index contributed by atoms with van der Waals surface area (Å²) in [5, 5.41) is 9.91. The predicted octanol–water partition coefficient (Wildman–Crippen LogP) is 1.44. The van der Waals surface area contributed by atoms with Crippen LogP contribution in [0.2, 0.25) is 0 Å². The van der Waals surface area contributed by atoms with Gasteiger partial charge in [0.15, 0.2) is 0 Å². The first kappa shape index (κ1) is 12.7. The zero-order valence-electron chi connectivity index (χ0n) is 8.03. The van der Waals surface area contributed by atoms with Crippen LogP contribution in [0.4, 0.5) is 0 Å². The summed E-state index contributed by atoms with van der Waals surface area (Å²) in [5.41, 5.74) is 0. The van der Waals surface area contributed by atoms with Gasteiger partial charge in [0.25, 0.3) is 0 Å². The largest absolute Gasteiger partial charge is 0.463 e. The lowest BCUT2D eigenvalue weighted by Crippen LogP contribution is -2.03. The molecule has 0 aliphatic heterocycles. The molecule has 0 spiro atoms. The van der Waals surface area contributed by atoms with Gasteiger partial charge in [0.1, 0.15) is 0 Å². The van der Waals surface area contributed by atoms with Crippen LogP contribution in [0.5, 0.6) is 0 Å². The van der Waals surface area contributed by atoms with E-state index >= 15 is 0 Å². The smallest absolute Gasteiger partial charge is 0.379 e. The van der Waals surface area contributed by atoms with Gasteiger partial charge in [-0.25, -0.2) is 14.7 Å². The van der Waals surface area contributed by atoms with E-state index in [1.54, 1.807) is 0 Å². The Hall–Kier alpha value is -1.32. The van der Waals surface area contributed by atoms with Crippen molar-refractivity contribution in [3.63, 3.8) is 0 Å². The fourth-order valence-corrected chi connectivity index (χ4v) is 0.813. The Morgan fingerprint density at radius 3 is 2.43 bits per heavy atom. The van der Waals surface area contributed by atoms with Crippen LogP contribution in [0.3, 0.4) is 0 Å². The van der Waals surface area contributed by atoms with Gasteiger partial charge in [-0.3, -0.25) is 0 Å². The van der Waals surface area contributed by atoms with Crippen LogP contribution in [0.15, 0.2) is 12.2 Å². The molecule has 4 heteroatoms. The van der Waals surface area contributed by atoms with E-state index in [9.17, 15) is 14.7 Å². The van der Waals surface area contributed by atoms with E-state index in [4.69, 9.17) is 4.74 Å². The molecule has 0 unspecified atom stereocenters. The van der Waals surface area contributed by atoms with Gasteiger partial charge in [0.2, 0.25) is 0 Å². The van der Waals surface area contributed by atoms with Crippen LogP contribution in [-0.2, 0) is 19.4 Å². The highest BCUT2D eigenvalue weighted by atomic mass is 16.5. The molecule has 0 aromatic heterocycles. The van der Waals surface area contributed by atoms with Crippen molar-refractivity contribution in [1.82, 2.24) is 0 Å². The van der Waals surface area contributed by atoms with Gasteiger partial charge in [0.05, 0.1) is 6.61 Å². The van der Waals surface area contributed by atoms with E-state index < -0.39 is 11.9 Å². The lowest BCUT2D eigenvalue weighted by Gasteiger charge is -2.00. The molecule has 0 aliphatic carbocycles. The molecule has 0 saturated carbocycles. The number of ether oxygens (including phenoxy) is 1. The van der Waals surface area contributed by atoms with Gasteiger partial charge in [-0.15, -0.1) is 0 Å². The van der Waals surface area contributed by atoms with E-state index in [1.807, 2.05) is 0 Å². The zero-order chi connectivity index (χ0) is 10.8. The molecule has 0 bridgehead atoms. The third-order valence-corrected chi connectivity index (χ3v) is 1.49. The lowest BCUT2D eigenvalue weighted by atomic mass is 10.2. The van der Waals surface area contributed by atoms with Gasteiger partial charge in [-0.1, -0.05) is 26.2 Å². The Labute approximate surface area is 83.6 Å². The molecule has 0 aromatic carbocycles. The molecule has 0 atom stereocenters. The molecule has 0 amide bonds. The highest BCUT2D eigenvalue weighted by molar-refractivity contribution is 5.90. The standard InChI is InChI=1S/C10H14O4/c1-2-3-4-5-8-14-10(13)7-6-9(11)12/h6-7H,1-5,8H2/b7-6+. The second kappa shape index (κ2) is 8.29. The summed E-state index contributed by atoms with van der Waals surface area (Å²) >= 11 is 0.